The number of para-hydroxylation sites is 1. The Balaban J connectivity index is 1.54. The van der Waals surface area contributed by atoms with E-state index < -0.39 is 10.0 Å². The molecule has 1 aliphatic rings. The van der Waals surface area contributed by atoms with Crippen molar-refractivity contribution in [2.24, 2.45) is 11.0 Å². The lowest BCUT2D eigenvalue weighted by atomic mass is 9.98. The first kappa shape index (κ1) is 19.1. The molecule has 0 radical (unpaired) electrons. The Morgan fingerprint density at radius 3 is 2.37 bits per heavy atom. The Kier molecular flexibility index (Phi) is 5.88. The third-order valence-corrected chi connectivity index (χ3v) is 6.43. The number of carbonyl (C=O) groups excluding carboxylic acids is 1. The predicted molar refractivity (Wildman–Crippen MR) is 102 cm³/mol. The van der Waals surface area contributed by atoms with Gasteiger partial charge in [0.25, 0.3) is 0 Å². The number of hydrogen-bond donors (Lipinski definition) is 2. The summed E-state index contributed by atoms with van der Waals surface area (Å²) >= 11 is 0. The highest BCUT2D eigenvalue weighted by molar-refractivity contribution is 7.89. The van der Waals surface area contributed by atoms with Gasteiger partial charge in [0.15, 0.2) is 0 Å². The molecule has 0 bridgehead atoms. The van der Waals surface area contributed by atoms with Gasteiger partial charge in [-0.15, -0.1) is 0 Å². The number of piperidine rings is 1. The normalized spacial score (nSPS) is 16.4. The number of aromatic hydroxyl groups is 1. The van der Waals surface area contributed by atoms with E-state index in [0.29, 0.717) is 31.5 Å². The zero-order valence-electron chi connectivity index (χ0n) is 14.7. The van der Waals surface area contributed by atoms with Crippen molar-refractivity contribution in [1.82, 2.24) is 9.73 Å². The number of phenols is 1. The van der Waals surface area contributed by atoms with Crippen molar-refractivity contribution in [3.05, 3.63) is 60.2 Å². The summed E-state index contributed by atoms with van der Waals surface area (Å²) in [5, 5.41) is 13.5. The standard InChI is InChI=1S/C19H21N3O4S/c23-18-9-5-4-6-16(18)14-20-21-19(24)15-10-12-22(13-11-15)27(25,26)17-7-2-1-3-8-17/h1-9,14-15,23H,10-13H2,(H,21,24)/b20-14-. The van der Waals surface area contributed by atoms with Crippen LogP contribution < -0.4 is 5.43 Å². The minimum atomic E-state index is -3.52. The number of nitrogens with one attached hydrogen (secondary N) is 1. The smallest absolute Gasteiger partial charge is 0.243 e. The molecule has 2 aromatic carbocycles. The Hall–Kier alpha value is -2.71. The fraction of sp³-hybridized carbons (Fsp3) is 0.263. The van der Waals surface area contributed by atoms with E-state index in [0.717, 1.165) is 0 Å². The van der Waals surface area contributed by atoms with Crippen molar-refractivity contribution < 1.29 is 18.3 Å². The highest BCUT2D eigenvalue weighted by Crippen LogP contribution is 2.23. The summed E-state index contributed by atoms with van der Waals surface area (Å²) < 4.78 is 26.6. The summed E-state index contributed by atoms with van der Waals surface area (Å²) in [7, 11) is -3.52. The molecule has 0 spiro atoms. The van der Waals surface area contributed by atoms with Crippen molar-refractivity contribution in [1.29, 1.82) is 0 Å². The van der Waals surface area contributed by atoms with E-state index in [9.17, 15) is 18.3 Å². The molecule has 7 nitrogen and oxygen atoms in total. The minimum absolute atomic E-state index is 0.0786. The quantitative estimate of drug-likeness (QED) is 0.605. The van der Waals surface area contributed by atoms with Gasteiger partial charge >= 0.3 is 0 Å². The molecule has 0 aromatic heterocycles. The number of rotatable bonds is 5. The second-order valence-corrected chi connectivity index (χ2v) is 8.22. The number of hydrogen-bond acceptors (Lipinski definition) is 5. The first-order valence-corrected chi connectivity index (χ1v) is 10.1. The fourth-order valence-corrected chi connectivity index (χ4v) is 4.44. The van der Waals surface area contributed by atoms with Crippen LogP contribution >= 0.6 is 0 Å². The molecule has 0 aliphatic carbocycles. The highest BCUT2D eigenvalue weighted by atomic mass is 32.2. The molecule has 1 heterocycles. The first-order valence-electron chi connectivity index (χ1n) is 8.64. The Labute approximate surface area is 158 Å². The molecule has 1 saturated heterocycles. The summed E-state index contributed by atoms with van der Waals surface area (Å²) in [6.07, 6.45) is 2.25. The Morgan fingerprint density at radius 2 is 1.70 bits per heavy atom. The van der Waals surface area contributed by atoms with Crippen LogP contribution in [-0.4, -0.2) is 43.0 Å². The van der Waals surface area contributed by atoms with Gasteiger partial charge in [0.1, 0.15) is 5.75 Å². The number of hydrazone groups is 1. The van der Waals surface area contributed by atoms with Crippen LogP contribution in [0.15, 0.2) is 64.6 Å². The summed E-state index contributed by atoms with van der Waals surface area (Å²) in [6.45, 7) is 0.580. The number of nitrogens with zero attached hydrogens (tertiary/aromatic N) is 2. The molecule has 0 saturated carbocycles. The molecule has 2 N–H and O–H groups in total. The Morgan fingerprint density at radius 1 is 1.07 bits per heavy atom. The Bertz CT molecular complexity index is 921. The van der Waals surface area contributed by atoms with E-state index >= 15 is 0 Å². The number of phenolic OH excluding ortho intramolecular Hbond substituents is 1. The van der Waals surface area contributed by atoms with Gasteiger partial charge in [-0.2, -0.15) is 9.41 Å². The monoisotopic (exact) mass is 387 g/mol. The van der Waals surface area contributed by atoms with Gasteiger partial charge in [-0.1, -0.05) is 30.3 Å². The van der Waals surface area contributed by atoms with Crippen LogP contribution in [0.2, 0.25) is 0 Å². The van der Waals surface area contributed by atoms with Gasteiger partial charge in [-0.05, 0) is 37.1 Å². The average Bonchev–Trinajstić information content (AvgIpc) is 2.70. The number of benzene rings is 2. The summed E-state index contributed by atoms with van der Waals surface area (Å²) in [5.41, 5.74) is 2.97. The maximum absolute atomic E-state index is 12.6. The molecule has 0 atom stereocenters. The lowest BCUT2D eigenvalue weighted by Crippen LogP contribution is -2.42. The third-order valence-electron chi connectivity index (χ3n) is 4.52. The molecule has 8 heteroatoms. The van der Waals surface area contributed by atoms with Crippen LogP contribution in [-0.2, 0) is 14.8 Å². The zero-order chi connectivity index (χ0) is 19.3. The van der Waals surface area contributed by atoms with Gasteiger partial charge < -0.3 is 5.11 Å². The van der Waals surface area contributed by atoms with E-state index in [4.69, 9.17) is 0 Å². The first-order chi connectivity index (χ1) is 13.0. The topological polar surface area (TPSA) is 99.1 Å². The van der Waals surface area contributed by atoms with E-state index in [1.807, 2.05) is 0 Å². The second kappa shape index (κ2) is 8.32. The van der Waals surface area contributed by atoms with E-state index in [1.165, 1.54) is 16.6 Å². The molecule has 27 heavy (non-hydrogen) atoms. The van der Waals surface area contributed by atoms with Gasteiger partial charge in [-0.25, -0.2) is 13.8 Å². The maximum Gasteiger partial charge on any atom is 0.243 e. The van der Waals surface area contributed by atoms with Crippen LogP contribution in [0.25, 0.3) is 0 Å². The van der Waals surface area contributed by atoms with Crippen LogP contribution in [0.1, 0.15) is 18.4 Å². The van der Waals surface area contributed by atoms with Crippen molar-refractivity contribution in [3.8, 4) is 5.75 Å². The third kappa shape index (κ3) is 4.53. The van der Waals surface area contributed by atoms with Crippen molar-refractivity contribution in [2.45, 2.75) is 17.7 Å². The number of sulfonamides is 1. The highest BCUT2D eigenvalue weighted by Gasteiger charge is 2.31. The van der Waals surface area contributed by atoms with Gasteiger partial charge in [-0.3, -0.25) is 4.79 Å². The number of carbonyl (C=O) groups is 1. The van der Waals surface area contributed by atoms with E-state index in [1.54, 1.807) is 48.5 Å². The molecule has 0 unspecified atom stereocenters. The van der Waals surface area contributed by atoms with Crippen molar-refractivity contribution >= 4 is 22.1 Å². The fourth-order valence-electron chi connectivity index (χ4n) is 2.95. The largest absolute Gasteiger partial charge is 0.507 e. The SMILES string of the molecule is O=C(N/N=C\c1ccccc1O)C1CCN(S(=O)(=O)c2ccccc2)CC1. The van der Waals surface area contributed by atoms with Crippen molar-refractivity contribution in [2.75, 3.05) is 13.1 Å². The molecule has 1 fully saturated rings. The second-order valence-electron chi connectivity index (χ2n) is 6.28. The minimum Gasteiger partial charge on any atom is -0.507 e. The van der Waals surface area contributed by atoms with E-state index in [2.05, 4.69) is 10.5 Å². The molecule has 142 valence electrons. The molecule has 3 rings (SSSR count). The lowest BCUT2D eigenvalue weighted by Gasteiger charge is -2.30. The van der Waals surface area contributed by atoms with Crippen LogP contribution in [0.4, 0.5) is 0 Å². The average molecular weight is 387 g/mol. The summed E-state index contributed by atoms with van der Waals surface area (Å²) in [6, 6.07) is 15.0. The summed E-state index contributed by atoms with van der Waals surface area (Å²) in [4.78, 5) is 12.5. The predicted octanol–water partition coefficient (Wildman–Crippen LogP) is 1.94. The van der Waals surface area contributed by atoms with E-state index in [-0.39, 0.29) is 22.5 Å². The maximum atomic E-state index is 12.6. The summed E-state index contributed by atoms with van der Waals surface area (Å²) in [5.74, 6) is -0.470. The van der Waals surface area contributed by atoms with Gasteiger partial charge in [0, 0.05) is 24.6 Å². The lowest BCUT2D eigenvalue weighted by molar-refractivity contribution is -0.126. The van der Waals surface area contributed by atoms with Crippen LogP contribution in [0.3, 0.4) is 0 Å². The van der Waals surface area contributed by atoms with Gasteiger partial charge in [0.05, 0.1) is 11.1 Å². The van der Waals surface area contributed by atoms with Gasteiger partial charge in [0.2, 0.25) is 15.9 Å². The molecular formula is C19H21N3O4S. The molecular weight excluding hydrogens is 366 g/mol. The molecule has 1 aliphatic heterocycles. The zero-order valence-corrected chi connectivity index (χ0v) is 15.5. The van der Waals surface area contributed by atoms with Crippen LogP contribution in [0.5, 0.6) is 5.75 Å². The molecule has 1 amide bonds. The van der Waals surface area contributed by atoms with Crippen molar-refractivity contribution in [3.63, 3.8) is 0 Å². The van der Waals surface area contributed by atoms with Crippen LogP contribution in [0, 0.1) is 5.92 Å². The molecule has 2 aromatic rings. The number of amides is 1.